The van der Waals surface area contributed by atoms with Crippen LogP contribution in [0.15, 0.2) is 51.8 Å². The van der Waals surface area contributed by atoms with E-state index in [-0.39, 0.29) is 6.10 Å². The molecule has 0 aromatic heterocycles. The molecular formula is C17H19BrO2S. The first-order chi connectivity index (χ1) is 10.1. The number of ether oxygens (including phenoxy) is 1. The minimum atomic E-state index is -0.389. The van der Waals surface area contributed by atoms with Gasteiger partial charge in [0.15, 0.2) is 0 Å². The van der Waals surface area contributed by atoms with E-state index in [4.69, 9.17) is 4.74 Å². The Labute approximate surface area is 138 Å². The van der Waals surface area contributed by atoms with E-state index in [1.165, 1.54) is 10.5 Å². The van der Waals surface area contributed by atoms with Crippen LogP contribution in [0.5, 0.6) is 5.75 Å². The number of aryl methyl sites for hydroxylation is 1. The summed E-state index contributed by atoms with van der Waals surface area (Å²) in [5.41, 5.74) is 2.31. The van der Waals surface area contributed by atoms with Gasteiger partial charge in [-0.25, -0.2) is 0 Å². The van der Waals surface area contributed by atoms with Crippen molar-refractivity contribution >= 4 is 27.7 Å². The zero-order valence-electron chi connectivity index (χ0n) is 12.2. The van der Waals surface area contributed by atoms with Gasteiger partial charge in [-0.15, -0.1) is 11.8 Å². The van der Waals surface area contributed by atoms with Gasteiger partial charge in [0.25, 0.3) is 0 Å². The molecule has 2 aromatic carbocycles. The summed E-state index contributed by atoms with van der Waals surface area (Å²) in [5.74, 6) is 1.48. The van der Waals surface area contributed by atoms with Crippen molar-refractivity contribution in [2.45, 2.75) is 24.3 Å². The van der Waals surface area contributed by atoms with Crippen LogP contribution in [0, 0.1) is 6.92 Å². The lowest BCUT2D eigenvalue weighted by atomic mass is 10.1. The van der Waals surface area contributed by atoms with Crippen molar-refractivity contribution in [2.24, 2.45) is 0 Å². The highest BCUT2D eigenvalue weighted by atomic mass is 79.9. The first-order valence-electron chi connectivity index (χ1n) is 6.78. The lowest BCUT2D eigenvalue weighted by Gasteiger charge is -2.13. The SMILES string of the molecule is COc1ccc(Br)c(CC(O)CSc2ccc(C)cc2)c1. The molecule has 0 spiro atoms. The molecule has 0 aliphatic rings. The van der Waals surface area contributed by atoms with Crippen molar-refractivity contribution < 1.29 is 9.84 Å². The van der Waals surface area contributed by atoms with Crippen LogP contribution in [0.1, 0.15) is 11.1 Å². The van der Waals surface area contributed by atoms with Gasteiger partial charge in [-0.1, -0.05) is 33.6 Å². The molecule has 0 bridgehead atoms. The standard InChI is InChI=1S/C17H19BrO2S/c1-12-3-6-16(7-4-12)21-11-14(19)9-13-10-15(20-2)5-8-17(13)18/h3-8,10,14,19H,9,11H2,1-2H3. The molecule has 0 fully saturated rings. The third-order valence-corrected chi connectivity index (χ3v) is 5.10. The minimum absolute atomic E-state index is 0.389. The Morgan fingerprint density at radius 2 is 1.90 bits per heavy atom. The van der Waals surface area contributed by atoms with Crippen LogP contribution in [0.2, 0.25) is 0 Å². The second kappa shape index (κ2) is 7.87. The Morgan fingerprint density at radius 3 is 2.57 bits per heavy atom. The van der Waals surface area contributed by atoms with E-state index in [1.807, 2.05) is 18.2 Å². The first kappa shape index (κ1) is 16.4. The van der Waals surface area contributed by atoms with Gasteiger partial charge >= 0.3 is 0 Å². The summed E-state index contributed by atoms with van der Waals surface area (Å²) in [6.07, 6.45) is 0.219. The fourth-order valence-electron chi connectivity index (χ4n) is 1.97. The summed E-state index contributed by atoms with van der Waals surface area (Å²) < 4.78 is 6.23. The highest BCUT2D eigenvalue weighted by Crippen LogP contribution is 2.25. The highest BCUT2D eigenvalue weighted by Gasteiger charge is 2.10. The van der Waals surface area contributed by atoms with Crippen LogP contribution in [0.4, 0.5) is 0 Å². The van der Waals surface area contributed by atoms with Crippen molar-refractivity contribution in [1.29, 1.82) is 0 Å². The average Bonchev–Trinajstić information content (AvgIpc) is 2.49. The third kappa shape index (κ3) is 5.06. The van der Waals surface area contributed by atoms with E-state index in [9.17, 15) is 5.11 Å². The molecule has 4 heteroatoms. The molecule has 112 valence electrons. The Bertz CT molecular complexity index is 584. The molecule has 0 saturated heterocycles. The number of hydrogen-bond acceptors (Lipinski definition) is 3. The minimum Gasteiger partial charge on any atom is -0.497 e. The smallest absolute Gasteiger partial charge is 0.119 e. The lowest BCUT2D eigenvalue weighted by molar-refractivity contribution is 0.200. The number of hydrogen-bond donors (Lipinski definition) is 1. The van der Waals surface area contributed by atoms with Crippen LogP contribution in [-0.4, -0.2) is 24.1 Å². The number of thioether (sulfide) groups is 1. The van der Waals surface area contributed by atoms with E-state index in [0.29, 0.717) is 12.2 Å². The normalized spacial score (nSPS) is 12.2. The van der Waals surface area contributed by atoms with Gasteiger partial charge in [-0.3, -0.25) is 0 Å². The van der Waals surface area contributed by atoms with Gasteiger partial charge in [-0.2, -0.15) is 0 Å². The monoisotopic (exact) mass is 366 g/mol. The molecule has 2 rings (SSSR count). The summed E-state index contributed by atoms with van der Waals surface area (Å²) in [6, 6.07) is 14.2. The van der Waals surface area contributed by atoms with Crippen LogP contribution < -0.4 is 4.74 Å². The molecule has 2 nitrogen and oxygen atoms in total. The molecule has 0 heterocycles. The van der Waals surface area contributed by atoms with Crippen molar-refractivity contribution in [3.63, 3.8) is 0 Å². The van der Waals surface area contributed by atoms with Gasteiger partial charge in [0, 0.05) is 21.5 Å². The summed E-state index contributed by atoms with van der Waals surface area (Å²) >= 11 is 5.19. The Hall–Kier alpha value is -0.970. The van der Waals surface area contributed by atoms with E-state index in [1.54, 1.807) is 18.9 Å². The molecule has 0 amide bonds. The molecule has 1 atom stereocenters. The van der Waals surface area contributed by atoms with Crippen LogP contribution in [0.25, 0.3) is 0 Å². The van der Waals surface area contributed by atoms with Crippen LogP contribution in [0.3, 0.4) is 0 Å². The maximum Gasteiger partial charge on any atom is 0.119 e. The van der Waals surface area contributed by atoms with E-state index < -0.39 is 0 Å². The van der Waals surface area contributed by atoms with Crippen molar-refractivity contribution in [1.82, 2.24) is 0 Å². The Kier molecular flexibility index (Phi) is 6.15. The lowest BCUT2D eigenvalue weighted by Crippen LogP contribution is -2.13. The van der Waals surface area contributed by atoms with E-state index in [0.717, 1.165) is 15.8 Å². The second-order valence-electron chi connectivity index (χ2n) is 4.94. The van der Waals surface area contributed by atoms with Gasteiger partial charge in [-0.05, 0) is 42.8 Å². The van der Waals surface area contributed by atoms with Gasteiger partial charge in [0.05, 0.1) is 13.2 Å². The van der Waals surface area contributed by atoms with Crippen LogP contribution >= 0.6 is 27.7 Å². The van der Waals surface area contributed by atoms with E-state index >= 15 is 0 Å². The Morgan fingerprint density at radius 1 is 1.19 bits per heavy atom. The number of methoxy groups -OCH3 is 1. The van der Waals surface area contributed by atoms with Gasteiger partial charge in [0.2, 0.25) is 0 Å². The maximum absolute atomic E-state index is 10.2. The number of benzene rings is 2. The predicted molar refractivity (Wildman–Crippen MR) is 92.3 cm³/mol. The van der Waals surface area contributed by atoms with Crippen LogP contribution in [-0.2, 0) is 6.42 Å². The highest BCUT2D eigenvalue weighted by molar-refractivity contribution is 9.10. The molecule has 1 unspecified atom stereocenters. The molecule has 0 saturated carbocycles. The van der Waals surface area contributed by atoms with Crippen molar-refractivity contribution in [3.8, 4) is 5.75 Å². The van der Waals surface area contributed by atoms with Crippen molar-refractivity contribution in [2.75, 3.05) is 12.9 Å². The zero-order valence-corrected chi connectivity index (χ0v) is 14.6. The molecule has 2 aromatic rings. The third-order valence-electron chi connectivity index (χ3n) is 3.17. The first-order valence-corrected chi connectivity index (χ1v) is 8.56. The van der Waals surface area contributed by atoms with Gasteiger partial charge < -0.3 is 9.84 Å². The summed E-state index contributed by atoms with van der Waals surface area (Å²) in [4.78, 5) is 1.18. The van der Waals surface area contributed by atoms with Crippen molar-refractivity contribution in [3.05, 3.63) is 58.1 Å². The summed E-state index contributed by atoms with van der Waals surface area (Å²) in [7, 11) is 1.65. The number of aliphatic hydroxyl groups is 1. The molecular weight excluding hydrogens is 348 g/mol. The van der Waals surface area contributed by atoms with E-state index in [2.05, 4.69) is 47.1 Å². The number of halogens is 1. The zero-order chi connectivity index (χ0) is 15.2. The maximum atomic E-state index is 10.2. The number of aliphatic hydroxyl groups excluding tert-OH is 1. The largest absolute Gasteiger partial charge is 0.497 e. The fourth-order valence-corrected chi connectivity index (χ4v) is 3.21. The molecule has 0 aliphatic heterocycles. The fraction of sp³-hybridized carbons (Fsp3) is 0.294. The molecule has 0 aliphatic carbocycles. The molecule has 21 heavy (non-hydrogen) atoms. The second-order valence-corrected chi connectivity index (χ2v) is 6.89. The summed E-state index contributed by atoms with van der Waals surface area (Å²) in [6.45, 7) is 2.07. The topological polar surface area (TPSA) is 29.5 Å². The molecule has 1 N–H and O–H groups in total. The number of rotatable bonds is 6. The predicted octanol–water partition coefficient (Wildman–Crippen LogP) is 4.46. The van der Waals surface area contributed by atoms with Gasteiger partial charge in [0.1, 0.15) is 5.75 Å². The quantitative estimate of drug-likeness (QED) is 0.765. The Balaban J connectivity index is 1.92. The summed E-state index contributed by atoms with van der Waals surface area (Å²) in [5, 5.41) is 10.2. The molecule has 0 radical (unpaired) electrons. The average molecular weight is 367 g/mol.